The van der Waals surface area contributed by atoms with Crippen molar-refractivity contribution in [2.45, 2.75) is 0 Å². The Bertz CT molecular complexity index is 1300. The standard InChI is InChI=1S/C23H14Cl2O3/c1-26-21-12-22-18(11-19(27-22)13-2-6-15(24)7-3-13)23-17(21)10-20(28-23)14-4-8-16(25)9-5-14/h2-12H,1H3. The average Bonchev–Trinajstić information content (AvgIpc) is 3.32. The molecular weight excluding hydrogens is 395 g/mol. The zero-order valence-corrected chi connectivity index (χ0v) is 16.3. The van der Waals surface area contributed by atoms with Gasteiger partial charge in [-0.1, -0.05) is 23.2 Å². The summed E-state index contributed by atoms with van der Waals surface area (Å²) in [6.45, 7) is 0. The third kappa shape index (κ3) is 2.84. The van der Waals surface area contributed by atoms with Crippen molar-refractivity contribution in [3.05, 3.63) is 76.8 Å². The van der Waals surface area contributed by atoms with E-state index in [1.54, 1.807) is 7.11 Å². The summed E-state index contributed by atoms with van der Waals surface area (Å²) in [5, 5.41) is 3.15. The molecule has 0 atom stereocenters. The summed E-state index contributed by atoms with van der Waals surface area (Å²) in [5.74, 6) is 2.18. The van der Waals surface area contributed by atoms with Gasteiger partial charge in [-0.3, -0.25) is 0 Å². The molecule has 3 aromatic carbocycles. The predicted molar refractivity (Wildman–Crippen MR) is 113 cm³/mol. The van der Waals surface area contributed by atoms with Crippen LogP contribution in [0.1, 0.15) is 0 Å². The van der Waals surface area contributed by atoms with E-state index in [-0.39, 0.29) is 0 Å². The van der Waals surface area contributed by atoms with Gasteiger partial charge in [-0.2, -0.15) is 0 Å². The number of rotatable bonds is 3. The summed E-state index contributed by atoms with van der Waals surface area (Å²) in [6, 6.07) is 20.9. The van der Waals surface area contributed by atoms with Gasteiger partial charge in [0.2, 0.25) is 0 Å². The fourth-order valence-electron chi connectivity index (χ4n) is 3.34. The van der Waals surface area contributed by atoms with Gasteiger partial charge in [-0.05, 0) is 60.7 Å². The van der Waals surface area contributed by atoms with E-state index in [4.69, 9.17) is 36.8 Å². The summed E-state index contributed by atoms with van der Waals surface area (Å²) in [6.07, 6.45) is 0. The SMILES string of the molecule is COc1cc2oc(-c3ccc(Cl)cc3)cc2c2oc(-c3ccc(Cl)cc3)cc12. The molecule has 0 aliphatic carbocycles. The molecule has 0 N–H and O–H groups in total. The van der Waals surface area contributed by atoms with Crippen molar-refractivity contribution in [1.82, 2.24) is 0 Å². The van der Waals surface area contributed by atoms with Gasteiger partial charge in [0.15, 0.2) is 0 Å². The highest BCUT2D eigenvalue weighted by molar-refractivity contribution is 6.31. The number of hydrogen-bond donors (Lipinski definition) is 0. The first-order valence-electron chi connectivity index (χ1n) is 8.68. The third-order valence-electron chi connectivity index (χ3n) is 4.74. The molecule has 0 fully saturated rings. The molecule has 0 bridgehead atoms. The molecular formula is C23H14Cl2O3. The van der Waals surface area contributed by atoms with Gasteiger partial charge in [-0.15, -0.1) is 0 Å². The van der Waals surface area contributed by atoms with Gasteiger partial charge in [0.1, 0.15) is 28.4 Å². The molecule has 0 unspecified atom stereocenters. The van der Waals surface area contributed by atoms with Crippen LogP contribution in [0.5, 0.6) is 5.75 Å². The minimum Gasteiger partial charge on any atom is -0.496 e. The van der Waals surface area contributed by atoms with Crippen LogP contribution in [0.2, 0.25) is 10.0 Å². The van der Waals surface area contributed by atoms with Crippen molar-refractivity contribution in [2.24, 2.45) is 0 Å². The largest absolute Gasteiger partial charge is 0.496 e. The maximum Gasteiger partial charge on any atom is 0.149 e. The number of furan rings is 2. The number of methoxy groups -OCH3 is 1. The highest BCUT2D eigenvalue weighted by atomic mass is 35.5. The van der Waals surface area contributed by atoms with Crippen LogP contribution in [0.25, 0.3) is 44.6 Å². The Morgan fingerprint density at radius 1 is 0.679 bits per heavy atom. The second-order valence-electron chi connectivity index (χ2n) is 6.47. The molecule has 0 saturated heterocycles. The van der Waals surface area contributed by atoms with E-state index in [2.05, 4.69) is 0 Å². The molecule has 0 amide bonds. The number of fused-ring (bicyclic) bond motifs is 3. The van der Waals surface area contributed by atoms with Gasteiger partial charge >= 0.3 is 0 Å². The van der Waals surface area contributed by atoms with Gasteiger partial charge in [0, 0.05) is 27.2 Å². The van der Waals surface area contributed by atoms with Crippen LogP contribution >= 0.6 is 23.2 Å². The minimum absolute atomic E-state index is 0.683. The van der Waals surface area contributed by atoms with Crippen LogP contribution in [-0.4, -0.2) is 7.11 Å². The van der Waals surface area contributed by atoms with Crippen molar-refractivity contribution < 1.29 is 13.6 Å². The van der Waals surface area contributed by atoms with Crippen molar-refractivity contribution in [3.63, 3.8) is 0 Å². The molecule has 5 aromatic rings. The van der Waals surface area contributed by atoms with E-state index in [1.165, 1.54) is 0 Å². The third-order valence-corrected chi connectivity index (χ3v) is 5.25. The van der Waals surface area contributed by atoms with Crippen molar-refractivity contribution in [3.8, 4) is 28.4 Å². The molecule has 0 spiro atoms. The lowest BCUT2D eigenvalue weighted by Gasteiger charge is -2.00. The maximum atomic E-state index is 6.21. The molecule has 0 saturated carbocycles. The second kappa shape index (κ2) is 6.62. The quantitative estimate of drug-likeness (QED) is 0.305. The molecule has 2 aromatic heterocycles. The number of hydrogen-bond acceptors (Lipinski definition) is 3. The number of benzene rings is 3. The molecule has 28 heavy (non-hydrogen) atoms. The van der Waals surface area contributed by atoms with E-state index in [0.29, 0.717) is 21.4 Å². The Labute approximate surface area is 171 Å². The van der Waals surface area contributed by atoms with Gasteiger partial charge in [0.25, 0.3) is 0 Å². The summed E-state index contributed by atoms with van der Waals surface area (Å²) >= 11 is 12.0. The van der Waals surface area contributed by atoms with E-state index in [1.807, 2.05) is 66.7 Å². The van der Waals surface area contributed by atoms with Crippen LogP contribution in [0.15, 0.2) is 75.6 Å². The van der Waals surface area contributed by atoms with E-state index in [0.717, 1.165) is 39.0 Å². The Balaban J connectivity index is 1.73. The molecule has 0 radical (unpaired) electrons. The molecule has 3 nitrogen and oxygen atoms in total. The van der Waals surface area contributed by atoms with Crippen LogP contribution < -0.4 is 4.74 Å². The smallest absolute Gasteiger partial charge is 0.149 e. The van der Waals surface area contributed by atoms with Crippen molar-refractivity contribution >= 4 is 45.1 Å². The molecule has 138 valence electrons. The average molecular weight is 409 g/mol. The lowest BCUT2D eigenvalue weighted by atomic mass is 10.1. The highest BCUT2D eigenvalue weighted by Crippen LogP contribution is 2.41. The lowest BCUT2D eigenvalue weighted by molar-refractivity contribution is 0.419. The Kier molecular flexibility index (Phi) is 4.08. The fourth-order valence-corrected chi connectivity index (χ4v) is 3.59. The first kappa shape index (κ1) is 17.2. The first-order valence-corrected chi connectivity index (χ1v) is 9.44. The predicted octanol–water partition coefficient (Wildman–Crippen LogP) is 7.83. The molecule has 5 heteroatoms. The van der Waals surface area contributed by atoms with Crippen LogP contribution in [0.4, 0.5) is 0 Å². The number of ether oxygens (including phenoxy) is 1. The Hall–Kier alpha value is -2.88. The maximum absolute atomic E-state index is 6.21. The molecule has 2 heterocycles. The monoisotopic (exact) mass is 408 g/mol. The zero-order chi connectivity index (χ0) is 19.3. The molecule has 5 rings (SSSR count). The summed E-state index contributed by atoms with van der Waals surface area (Å²) < 4.78 is 17.9. The normalized spacial score (nSPS) is 11.4. The van der Waals surface area contributed by atoms with E-state index < -0.39 is 0 Å². The second-order valence-corrected chi connectivity index (χ2v) is 7.34. The topological polar surface area (TPSA) is 35.5 Å². The Morgan fingerprint density at radius 3 is 1.79 bits per heavy atom. The highest BCUT2D eigenvalue weighted by Gasteiger charge is 2.18. The fraction of sp³-hybridized carbons (Fsp3) is 0.0435. The van der Waals surface area contributed by atoms with E-state index in [9.17, 15) is 0 Å². The Morgan fingerprint density at radius 2 is 1.21 bits per heavy atom. The summed E-state index contributed by atoms with van der Waals surface area (Å²) in [7, 11) is 1.64. The molecule has 0 aliphatic rings. The van der Waals surface area contributed by atoms with Crippen LogP contribution in [0.3, 0.4) is 0 Å². The van der Waals surface area contributed by atoms with Crippen LogP contribution in [0, 0.1) is 0 Å². The first-order chi connectivity index (χ1) is 13.6. The van der Waals surface area contributed by atoms with Crippen molar-refractivity contribution in [2.75, 3.05) is 7.11 Å². The van der Waals surface area contributed by atoms with Gasteiger partial charge in [-0.25, -0.2) is 0 Å². The molecule has 0 aliphatic heterocycles. The summed E-state index contributed by atoms with van der Waals surface area (Å²) in [5.41, 5.74) is 3.31. The minimum atomic E-state index is 0.683. The summed E-state index contributed by atoms with van der Waals surface area (Å²) in [4.78, 5) is 0. The number of halogens is 2. The van der Waals surface area contributed by atoms with Crippen LogP contribution in [-0.2, 0) is 0 Å². The zero-order valence-electron chi connectivity index (χ0n) is 14.8. The van der Waals surface area contributed by atoms with Gasteiger partial charge < -0.3 is 13.6 Å². The van der Waals surface area contributed by atoms with Crippen molar-refractivity contribution in [1.29, 1.82) is 0 Å². The van der Waals surface area contributed by atoms with Gasteiger partial charge in [0.05, 0.1) is 17.9 Å². The lowest BCUT2D eigenvalue weighted by Crippen LogP contribution is -1.82. The van der Waals surface area contributed by atoms with E-state index >= 15 is 0 Å².